The van der Waals surface area contributed by atoms with Crippen LogP contribution in [0.3, 0.4) is 0 Å². The van der Waals surface area contributed by atoms with Crippen LogP contribution < -0.4 is 24.3 Å². The Morgan fingerprint density at radius 1 is 1.06 bits per heavy atom. The van der Waals surface area contributed by atoms with Gasteiger partial charge in [0.05, 0.1) is 39.6 Å². The molecule has 1 amide bonds. The van der Waals surface area contributed by atoms with Gasteiger partial charge in [-0.3, -0.25) is 9.69 Å². The standard InChI is InChI=1S/C27H37FN2O6/c1-27(2,3)35-17-20(11-12-30-15-22(16-30)36-21-9-7-19(28)8-10-21)29-26(31)18-13-23(32-4)25(34-6)24(14-18)33-5/h7-10,13-14,20,22H,11-12,15-17H2,1-6H3,(H,29,31). The van der Waals surface area contributed by atoms with Crippen LogP contribution in [0.2, 0.25) is 0 Å². The molecule has 1 aliphatic heterocycles. The molecular weight excluding hydrogens is 467 g/mol. The molecule has 1 heterocycles. The highest BCUT2D eigenvalue weighted by atomic mass is 19.1. The first-order valence-corrected chi connectivity index (χ1v) is 12.0. The molecule has 0 spiro atoms. The van der Waals surface area contributed by atoms with Crippen molar-refractivity contribution in [1.29, 1.82) is 0 Å². The Morgan fingerprint density at radius 3 is 2.19 bits per heavy atom. The molecule has 0 bridgehead atoms. The van der Waals surface area contributed by atoms with E-state index in [0.717, 1.165) is 19.6 Å². The number of methoxy groups -OCH3 is 3. The normalized spacial score (nSPS) is 15.1. The molecule has 0 saturated carbocycles. The predicted octanol–water partition coefficient (Wildman–Crippen LogP) is 3.92. The maximum atomic E-state index is 13.1. The van der Waals surface area contributed by atoms with Gasteiger partial charge in [-0.15, -0.1) is 0 Å². The highest BCUT2D eigenvalue weighted by Crippen LogP contribution is 2.38. The van der Waals surface area contributed by atoms with E-state index in [4.69, 9.17) is 23.7 Å². The van der Waals surface area contributed by atoms with Crippen LogP contribution >= 0.6 is 0 Å². The van der Waals surface area contributed by atoms with Gasteiger partial charge in [-0.25, -0.2) is 4.39 Å². The molecule has 3 rings (SSSR count). The zero-order valence-corrected chi connectivity index (χ0v) is 21.9. The molecular formula is C27H37FN2O6. The first-order chi connectivity index (χ1) is 17.1. The SMILES string of the molecule is COc1cc(C(=O)NC(CCN2CC(Oc3ccc(F)cc3)C2)COC(C)(C)C)cc(OC)c1OC. The molecule has 9 heteroatoms. The van der Waals surface area contributed by atoms with Gasteiger partial charge in [-0.1, -0.05) is 0 Å². The third-order valence-corrected chi connectivity index (χ3v) is 5.81. The lowest BCUT2D eigenvalue weighted by atomic mass is 10.1. The lowest BCUT2D eigenvalue weighted by Gasteiger charge is -2.39. The number of likely N-dealkylation sites (tertiary alicyclic amines) is 1. The minimum Gasteiger partial charge on any atom is -0.493 e. The van der Waals surface area contributed by atoms with Crippen LogP contribution in [0.5, 0.6) is 23.0 Å². The van der Waals surface area contributed by atoms with Crippen molar-refractivity contribution in [2.45, 2.75) is 44.9 Å². The zero-order valence-electron chi connectivity index (χ0n) is 21.9. The summed E-state index contributed by atoms with van der Waals surface area (Å²) < 4.78 is 41.1. The first kappa shape index (κ1) is 27.5. The first-order valence-electron chi connectivity index (χ1n) is 12.0. The molecule has 1 saturated heterocycles. The lowest BCUT2D eigenvalue weighted by molar-refractivity contribution is -0.0206. The monoisotopic (exact) mass is 504 g/mol. The largest absolute Gasteiger partial charge is 0.493 e. The Kier molecular flexibility index (Phi) is 9.39. The molecule has 0 aromatic heterocycles. The van der Waals surface area contributed by atoms with Gasteiger partial charge in [-0.05, 0) is 63.6 Å². The third-order valence-electron chi connectivity index (χ3n) is 5.81. The van der Waals surface area contributed by atoms with E-state index in [1.165, 1.54) is 33.5 Å². The molecule has 2 aromatic carbocycles. The Balaban J connectivity index is 1.58. The summed E-state index contributed by atoms with van der Waals surface area (Å²) in [7, 11) is 4.54. The number of hydrogen-bond acceptors (Lipinski definition) is 7. The van der Waals surface area contributed by atoms with Crippen LogP contribution in [0, 0.1) is 5.82 Å². The van der Waals surface area contributed by atoms with Crippen molar-refractivity contribution in [2.75, 3.05) is 47.6 Å². The van der Waals surface area contributed by atoms with E-state index in [-0.39, 0.29) is 29.5 Å². The van der Waals surface area contributed by atoms with Gasteiger partial charge in [-0.2, -0.15) is 0 Å². The van der Waals surface area contributed by atoms with E-state index >= 15 is 0 Å². The fourth-order valence-corrected chi connectivity index (χ4v) is 3.85. The molecule has 1 fully saturated rings. The topological polar surface area (TPSA) is 78.5 Å². The van der Waals surface area contributed by atoms with E-state index in [1.807, 2.05) is 20.8 Å². The molecule has 36 heavy (non-hydrogen) atoms. The van der Waals surface area contributed by atoms with Crippen molar-refractivity contribution in [2.24, 2.45) is 0 Å². The van der Waals surface area contributed by atoms with Crippen LogP contribution in [0.4, 0.5) is 4.39 Å². The van der Waals surface area contributed by atoms with Gasteiger partial charge in [0.25, 0.3) is 5.91 Å². The van der Waals surface area contributed by atoms with E-state index in [1.54, 1.807) is 24.3 Å². The summed E-state index contributed by atoms with van der Waals surface area (Å²) in [5.74, 6) is 1.39. The van der Waals surface area contributed by atoms with Crippen molar-refractivity contribution >= 4 is 5.91 Å². The maximum absolute atomic E-state index is 13.1. The average Bonchev–Trinajstić information content (AvgIpc) is 2.82. The Bertz CT molecular complexity index is 977. The minimum absolute atomic E-state index is 0.0635. The second-order valence-electron chi connectivity index (χ2n) is 9.75. The fourth-order valence-electron chi connectivity index (χ4n) is 3.85. The van der Waals surface area contributed by atoms with Crippen LogP contribution in [0.1, 0.15) is 37.6 Å². The number of hydrogen-bond donors (Lipinski definition) is 1. The molecule has 0 radical (unpaired) electrons. The van der Waals surface area contributed by atoms with Gasteiger partial charge >= 0.3 is 0 Å². The highest BCUT2D eigenvalue weighted by Gasteiger charge is 2.29. The summed E-state index contributed by atoms with van der Waals surface area (Å²) in [6.45, 7) is 8.64. The van der Waals surface area contributed by atoms with Gasteiger partial charge in [0.1, 0.15) is 17.7 Å². The molecule has 8 nitrogen and oxygen atoms in total. The van der Waals surface area contributed by atoms with Crippen LogP contribution in [0.15, 0.2) is 36.4 Å². The zero-order chi connectivity index (χ0) is 26.3. The predicted molar refractivity (Wildman–Crippen MR) is 135 cm³/mol. The number of carbonyl (C=O) groups is 1. The summed E-state index contributed by atoms with van der Waals surface area (Å²) in [4.78, 5) is 15.4. The van der Waals surface area contributed by atoms with Gasteiger partial charge in [0.15, 0.2) is 11.5 Å². The van der Waals surface area contributed by atoms with Gasteiger partial charge in [0, 0.05) is 25.2 Å². The Labute approximate surface area is 212 Å². The summed E-state index contributed by atoms with van der Waals surface area (Å²) in [6.07, 6.45) is 0.767. The highest BCUT2D eigenvalue weighted by molar-refractivity contribution is 5.95. The van der Waals surface area contributed by atoms with Crippen molar-refractivity contribution in [3.05, 3.63) is 47.8 Å². The third kappa shape index (κ3) is 7.73. The molecule has 0 aliphatic carbocycles. The van der Waals surface area contributed by atoms with Crippen molar-refractivity contribution < 1.29 is 32.9 Å². The lowest BCUT2D eigenvalue weighted by Crippen LogP contribution is -2.55. The smallest absolute Gasteiger partial charge is 0.251 e. The number of halogens is 1. The van der Waals surface area contributed by atoms with E-state index < -0.39 is 0 Å². The van der Waals surface area contributed by atoms with Crippen LogP contribution in [0.25, 0.3) is 0 Å². The quantitative estimate of drug-likeness (QED) is 0.469. The maximum Gasteiger partial charge on any atom is 0.251 e. The molecule has 198 valence electrons. The Hall–Kier alpha value is -3.04. The number of ether oxygens (including phenoxy) is 5. The second kappa shape index (κ2) is 12.3. The number of nitrogens with zero attached hydrogens (tertiary/aromatic N) is 1. The number of benzene rings is 2. The summed E-state index contributed by atoms with van der Waals surface area (Å²) >= 11 is 0. The molecule has 1 atom stereocenters. The van der Waals surface area contributed by atoms with Crippen LogP contribution in [-0.4, -0.2) is 76.1 Å². The number of carbonyl (C=O) groups excluding carboxylic acids is 1. The number of rotatable bonds is 12. The molecule has 1 unspecified atom stereocenters. The molecule has 1 aliphatic rings. The van der Waals surface area contributed by atoms with E-state index in [0.29, 0.717) is 41.6 Å². The summed E-state index contributed by atoms with van der Waals surface area (Å²) in [5.41, 5.74) is 0.0716. The minimum atomic E-state index is -0.333. The molecule has 2 aromatic rings. The van der Waals surface area contributed by atoms with E-state index in [2.05, 4.69) is 10.2 Å². The van der Waals surface area contributed by atoms with Gasteiger partial charge in [0.2, 0.25) is 5.75 Å². The van der Waals surface area contributed by atoms with Crippen LogP contribution in [-0.2, 0) is 4.74 Å². The second-order valence-corrected chi connectivity index (χ2v) is 9.75. The molecule has 1 N–H and O–H groups in total. The van der Waals surface area contributed by atoms with Crippen molar-refractivity contribution in [3.63, 3.8) is 0 Å². The van der Waals surface area contributed by atoms with Crippen molar-refractivity contribution in [1.82, 2.24) is 10.2 Å². The number of nitrogens with one attached hydrogen (secondary N) is 1. The van der Waals surface area contributed by atoms with Crippen molar-refractivity contribution in [3.8, 4) is 23.0 Å². The van der Waals surface area contributed by atoms with E-state index in [9.17, 15) is 9.18 Å². The number of amides is 1. The fraction of sp³-hybridized carbons (Fsp3) is 0.519. The van der Waals surface area contributed by atoms with Gasteiger partial charge < -0.3 is 29.0 Å². The Morgan fingerprint density at radius 2 is 1.67 bits per heavy atom. The average molecular weight is 505 g/mol. The summed E-state index contributed by atoms with van der Waals surface area (Å²) in [5, 5.41) is 3.10. The summed E-state index contributed by atoms with van der Waals surface area (Å²) in [6, 6.07) is 9.11.